The number of nitrogens with one attached hydrogen (secondary N) is 1. The fourth-order valence-corrected chi connectivity index (χ4v) is 2.57. The summed E-state index contributed by atoms with van der Waals surface area (Å²) < 4.78 is 0. The Kier molecular flexibility index (Phi) is 3.73. The number of benzene rings is 2. The van der Waals surface area contributed by atoms with Gasteiger partial charge in [-0.05, 0) is 36.6 Å². The SMILES string of the molecule is Cc1ccccc1CCNc1ccc2cnccc2c1N. The molecule has 0 radical (unpaired) electrons. The van der Waals surface area contributed by atoms with E-state index in [4.69, 9.17) is 5.73 Å². The molecule has 1 aromatic heterocycles. The number of pyridine rings is 1. The summed E-state index contributed by atoms with van der Waals surface area (Å²) >= 11 is 0. The highest BCUT2D eigenvalue weighted by molar-refractivity contribution is 5.98. The van der Waals surface area contributed by atoms with Gasteiger partial charge in [-0.25, -0.2) is 0 Å². The van der Waals surface area contributed by atoms with E-state index >= 15 is 0 Å². The Bertz CT molecular complexity index is 765. The molecule has 0 unspecified atom stereocenters. The van der Waals surface area contributed by atoms with Crippen LogP contribution in [0.5, 0.6) is 0 Å². The van der Waals surface area contributed by atoms with Gasteiger partial charge in [0.1, 0.15) is 0 Å². The first kappa shape index (κ1) is 13.4. The number of nitrogens with zero attached hydrogens (tertiary/aromatic N) is 1. The normalized spacial score (nSPS) is 10.7. The first-order chi connectivity index (χ1) is 10.3. The molecule has 3 nitrogen and oxygen atoms in total. The third-order valence-electron chi connectivity index (χ3n) is 3.83. The van der Waals surface area contributed by atoms with Gasteiger partial charge in [-0.1, -0.05) is 30.3 Å². The highest BCUT2D eigenvalue weighted by Gasteiger charge is 2.04. The Morgan fingerprint density at radius 3 is 2.81 bits per heavy atom. The van der Waals surface area contributed by atoms with Crippen molar-refractivity contribution >= 4 is 22.1 Å². The summed E-state index contributed by atoms with van der Waals surface area (Å²) in [5.74, 6) is 0. The summed E-state index contributed by atoms with van der Waals surface area (Å²) in [4.78, 5) is 4.12. The monoisotopic (exact) mass is 277 g/mol. The van der Waals surface area contributed by atoms with Gasteiger partial charge in [0, 0.05) is 29.7 Å². The first-order valence-corrected chi connectivity index (χ1v) is 7.16. The van der Waals surface area contributed by atoms with Crippen LogP contribution < -0.4 is 11.1 Å². The third-order valence-corrected chi connectivity index (χ3v) is 3.83. The van der Waals surface area contributed by atoms with Gasteiger partial charge in [0.05, 0.1) is 11.4 Å². The Morgan fingerprint density at radius 1 is 1.10 bits per heavy atom. The van der Waals surface area contributed by atoms with Crippen molar-refractivity contribution in [2.75, 3.05) is 17.6 Å². The molecular weight excluding hydrogens is 258 g/mol. The number of hydrogen-bond acceptors (Lipinski definition) is 3. The number of rotatable bonds is 4. The molecule has 2 aromatic carbocycles. The molecule has 0 atom stereocenters. The zero-order valence-electron chi connectivity index (χ0n) is 12.1. The Balaban J connectivity index is 1.74. The lowest BCUT2D eigenvalue weighted by Gasteiger charge is -2.12. The van der Waals surface area contributed by atoms with Crippen molar-refractivity contribution < 1.29 is 0 Å². The van der Waals surface area contributed by atoms with Crippen molar-refractivity contribution in [3.63, 3.8) is 0 Å². The second kappa shape index (κ2) is 5.83. The van der Waals surface area contributed by atoms with Gasteiger partial charge >= 0.3 is 0 Å². The van der Waals surface area contributed by atoms with Crippen LogP contribution in [0.3, 0.4) is 0 Å². The van der Waals surface area contributed by atoms with Crippen LogP contribution in [-0.2, 0) is 6.42 Å². The number of aryl methyl sites for hydroxylation is 1. The molecule has 0 saturated carbocycles. The largest absolute Gasteiger partial charge is 0.397 e. The topological polar surface area (TPSA) is 50.9 Å². The minimum Gasteiger partial charge on any atom is -0.397 e. The number of nitrogen functional groups attached to an aromatic ring is 1. The fourth-order valence-electron chi connectivity index (χ4n) is 2.57. The lowest BCUT2D eigenvalue weighted by atomic mass is 10.1. The van der Waals surface area contributed by atoms with Crippen molar-refractivity contribution in [2.45, 2.75) is 13.3 Å². The quantitative estimate of drug-likeness (QED) is 0.713. The summed E-state index contributed by atoms with van der Waals surface area (Å²) in [6.45, 7) is 3.01. The van der Waals surface area contributed by atoms with Gasteiger partial charge in [0.2, 0.25) is 0 Å². The average molecular weight is 277 g/mol. The Morgan fingerprint density at radius 2 is 1.95 bits per heavy atom. The number of hydrogen-bond donors (Lipinski definition) is 2. The van der Waals surface area contributed by atoms with Gasteiger partial charge in [0.15, 0.2) is 0 Å². The fraction of sp³-hybridized carbons (Fsp3) is 0.167. The minimum absolute atomic E-state index is 0.791. The molecule has 3 rings (SSSR count). The van der Waals surface area contributed by atoms with Gasteiger partial charge in [-0.3, -0.25) is 4.98 Å². The van der Waals surface area contributed by atoms with Crippen molar-refractivity contribution in [2.24, 2.45) is 0 Å². The van der Waals surface area contributed by atoms with E-state index in [1.54, 1.807) is 6.20 Å². The maximum absolute atomic E-state index is 6.24. The molecule has 106 valence electrons. The van der Waals surface area contributed by atoms with E-state index in [-0.39, 0.29) is 0 Å². The zero-order valence-corrected chi connectivity index (χ0v) is 12.1. The molecule has 0 amide bonds. The molecule has 3 aromatic rings. The maximum atomic E-state index is 6.24. The van der Waals surface area contributed by atoms with E-state index in [2.05, 4.69) is 47.6 Å². The van der Waals surface area contributed by atoms with Crippen LogP contribution in [0.15, 0.2) is 54.9 Å². The molecule has 0 fully saturated rings. The lowest BCUT2D eigenvalue weighted by Crippen LogP contribution is -2.07. The zero-order chi connectivity index (χ0) is 14.7. The highest BCUT2D eigenvalue weighted by Crippen LogP contribution is 2.27. The average Bonchev–Trinajstić information content (AvgIpc) is 2.52. The molecule has 0 saturated heterocycles. The van der Waals surface area contributed by atoms with Gasteiger partial charge < -0.3 is 11.1 Å². The van der Waals surface area contributed by atoms with E-state index in [0.717, 1.165) is 35.1 Å². The molecule has 0 aliphatic heterocycles. The van der Waals surface area contributed by atoms with Crippen LogP contribution in [0.4, 0.5) is 11.4 Å². The highest BCUT2D eigenvalue weighted by atomic mass is 14.9. The number of fused-ring (bicyclic) bond motifs is 1. The van der Waals surface area contributed by atoms with Crippen LogP contribution in [-0.4, -0.2) is 11.5 Å². The standard InChI is InChI=1S/C18H19N3/c1-13-4-2-3-5-14(13)8-11-21-17-7-6-15-12-20-10-9-16(15)18(17)19/h2-7,9-10,12,21H,8,11,19H2,1H3. The predicted octanol–water partition coefficient (Wildman–Crippen LogP) is 3.78. The smallest absolute Gasteiger partial charge is 0.0630 e. The maximum Gasteiger partial charge on any atom is 0.0630 e. The number of nitrogens with two attached hydrogens (primary N) is 1. The Labute approximate surface area is 124 Å². The van der Waals surface area contributed by atoms with Gasteiger partial charge in [-0.15, -0.1) is 0 Å². The third kappa shape index (κ3) is 2.82. The summed E-state index contributed by atoms with van der Waals surface area (Å²) in [7, 11) is 0. The van der Waals surface area contributed by atoms with E-state index in [9.17, 15) is 0 Å². The summed E-state index contributed by atoms with van der Waals surface area (Å²) in [5, 5.41) is 5.55. The number of anilines is 2. The second-order valence-corrected chi connectivity index (χ2v) is 5.23. The van der Waals surface area contributed by atoms with E-state index in [1.165, 1.54) is 11.1 Å². The van der Waals surface area contributed by atoms with Crippen molar-refractivity contribution in [1.82, 2.24) is 4.98 Å². The first-order valence-electron chi connectivity index (χ1n) is 7.16. The minimum atomic E-state index is 0.791. The molecular formula is C18H19N3. The summed E-state index contributed by atoms with van der Waals surface area (Å²) in [6.07, 6.45) is 4.60. The predicted molar refractivity (Wildman–Crippen MR) is 89.5 cm³/mol. The van der Waals surface area contributed by atoms with Gasteiger partial charge in [-0.2, -0.15) is 0 Å². The molecule has 0 bridgehead atoms. The molecule has 1 heterocycles. The van der Waals surface area contributed by atoms with Crippen LogP contribution >= 0.6 is 0 Å². The van der Waals surface area contributed by atoms with Crippen LogP contribution in [0, 0.1) is 6.92 Å². The summed E-state index contributed by atoms with van der Waals surface area (Å²) in [6, 6.07) is 14.5. The molecule has 0 spiro atoms. The van der Waals surface area contributed by atoms with Gasteiger partial charge in [0.25, 0.3) is 0 Å². The second-order valence-electron chi connectivity index (χ2n) is 5.23. The molecule has 0 aliphatic carbocycles. The van der Waals surface area contributed by atoms with E-state index in [0.29, 0.717) is 0 Å². The summed E-state index contributed by atoms with van der Waals surface area (Å²) in [5.41, 5.74) is 10.7. The van der Waals surface area contributed by atoms with E-state index in [1.807, 2.05) is 18.3 Å². The number of aromatic nitrogens is 1. The lowest BCUT2D eigenvalue weighted by molar-refractivity contribution is 1.01. The Hall–Kier alpha value is -2.55. The van der Waals surface area contributed by atoms with Crippen molar-refractivity contribution in [3.8, 4) is 0 Å². The molecule has 0 aliphatic rings. The van der Waals surface area contributed by atoms with Crippen molar-refractivity contribution in [1.29, 1.82) is 0 Å². The van der Waals surface area contributed by atoms with Crippen LogP contribution in [0.2, 0.25) is 0 Å². The molecule has 21 heavy (non-hydrogen) atoms. The van der Waals surface area contributed by atoms with Crippen LogP contribution in [0.25, 0.3) is 10.8 Å². The molecule has 3 N–H and O–H groups in total. The molecule has 3 heteroatoms. The van der Waals surface area contributed by atoms with Crippen LogP contribution in [0.1, 0.15) is 11.1 Å². The van der Waals surface area contributed by atoms with E-state index < -0.39 is 0 Å². The van der Waals surface area contributed by atoms with Crippen molar-refractivity contribution in [3.05, 3.63) is 66.0 Å².